The van der Waals surface area contributed by atoms with Crippen LogP contribution in [0.25, 0.3) is 0 Å². The third-order valence-corrected chi connectivity index (χ3v) is 2.77. The van der Waals surface area contributed by atoms with Gasteiger partial charge in [-0.3, -0.25) is 9.48 Å². The molecule has 0 aliphatic carbocycles. The van der Waals surface area contributed by atoms with Gasteiger partial charge in [0.05, 0.1) is 17.3 Å². The van der Waals surface area contributed by atoms with Crippen LogP contribution in [-0.4, -0.2) is 15.6 Å². The number of rotatable bonds is 2. The number of nitrogens with zero attached hydrogens (tertiary/aromatic N) is 2. The number of hydrogen-bond donors (Lipinski definition) is 0. The molecule has 0 spiro atoms. The molecule has 0 aliphatic heterocycles. The first-order valence-electron chi connectivity index (χ1n) is 5.50. The lowest BCUT2D eigenvalue weighted by Crippen LogP contribution is -2.08. The third kappa shape index (κ3) is 2.67. The number of benzene rings is 1. The minimum Gasteiger partial charge on any atom is -0.288 e. The van der Waals surface area contributed by atoms with Crippen LogP contribution in [0.2, 0.25) is 0 Å². The van der Waals surface area contributed by atoms with Crippen LogP contribution < -0.4 is 0 Å². The Morgan fingerprint density at radius 2 is 2.00 bits per heavy atom. The second-order valence-electron chi connectivity index (χ2n) is 4.26. The second-order valence-corrected chi connectivity index (χ2v) is 4.26. The summed E-state index contributed by atoms with van der Waals surface area (Å²) in [5.41, 5.74) is 0.141. The summed E-state index contributed by atoms with van der Waals surface area (Å²) in [6.07, 6.45) is -1.49. The first kappa shape index (κ1) is 13.3. The Hall–Kier alpha value is -2.11. The summed E-state index contributed by atoms with van der Waals surface area (Å²) in [4.78, 5) is 12.1. The zero-order valence-corrected chi connectivity index (χ0v) is 10.3. The van der Waals surface area contributed by atoms with Crippen LogP contribution in [0.4, 0.5) is 13.2 Å². The molecule has 0 saturated heterocycles. The number of carbonyl (C=O) groups is 1. The molecule has 0 bridgehead atoms. The van der Waals surface area contributed by atoms with Gasteiger partial charge in [-0.2, -0.15) is 18.3 Å². The van der Waals surface area contributed by atoms with Crippen LogP contribution in [0.15, 0.2) is 30.6 Å². The number of ketones is 1. The minimum absolute atomic E-state index is 0.251. The summed E-state index contributed by atoms with van der Waals surface area (Å²) in [5, 5.41) is 3.87. The molecule has 0 N–H and O–H groups in total. The van der Waals surface area contributed by atoms with Gasteiger partial charge in [0.1, 0.15) is 0 Å². The lowest BCUT2D eigenvalue weighted by Gasteiger charge is -2.09. The van der Waals surface area contributed by atoms with E-state index in [0.29, 0.717) is 11.1 Å². The van der Waals surface area contributed by atoms with Gasteiger partial charge < -0.3 is 0 Å². The molecule has 2 rings (SSSR count). The summed E-state index contributed by atoms with van der Waals surface area (Å²) < 4.78 is 39.1. The minimum atomic E-state index is -4.40. The molecule has 3 nitrogen and oxygen atoms in total. The van der Waals surface area contributed by atoms with Crippen molar-refractivity contribution >= 4 is 5.78 Å². The highest BCUT2D eigenvalue weighted by Gasteiger charge is 2.31. The number of aryl methyl sites for hydroxylation is 2. The summed E-state index contributed by atoms with van der Waals surface area (Å²) >= 11 is 0. The molecule has 0 saturated carbocycles. The van der Waals surface area contributed by atoms with Crippen molar-refractivity contribution in [3.63, 3.8) is 0 Å². The van der Waals surface area contributed by atoms with Crippen molar-refractivity contribution < 1.29 is 18.0 Å². The predicted molar refractivity (Wildman–Crippen MR) is 62.8 cm³/mol. The highest BCUT2D eigenvalue weighted by Crippen LogP contribution is 2.30. The van der Waals surface area contributed by atoms with Crippen LogP contribution in [-0.2, 0) is 13.2 Å². The number of hydrogen-bond acceptors (Lipinski definition) is 2. The van der Waals surface area contributed by atoms with E-state index < -0.39 is 11.7 Å². The molecule has 0 atom stereocenters. The summed E-state index contributed by atoms with van der Waals surface area (Å²) in [7, 11) is 1.66. The quantitative estimate of drug-likeness (QED) is 0.785. The maximum atomic E-state index is 12.5. The van der Waals surface area contributed by atoms with E-state index >= 15 is 0 Å². The summed E-state index contributed by atoms with van der Waals surface area (Å²) in [5.74, 6) is -0.334. The largest absolute Gasteiger partial charge is 0.416 e. The lowest BCUT2D eigenvalue weighted by atomic mass is 9.99. The van der Waals surface area contributed by atoms with Crippen molar-refractivity contribution in [2.75, 3.05) is 0 Å². The number of alkyl halides is 3. The van der Waals surface area contributed by atoms with Crippen molar-refractivity contribution in [1.82, 2.24) is 9.78 Å². The van der Waals surface area contributed by atoms with E-state index in [1.54, 1.807) is 7.05 Å². The van der Waals surface area contributed by atoms with E-state index in [1.165, 1.54) is 30.1 Å². The average molecular weight is 268 g/mol. The fraction of sp³-hybridized carbons (Fsp3) is 0.231. The Kier molecular flexibility index (Phi) is 3.18. The smallest absolute Gasteiger partial charge is 0.288 e. The first-order chi connectivity index (χ1) is 8.79. The number of halogens is 3. The van der Waals surface area contributed by atoms with Crippen LogP contribution in [0.1, 0.15) is 27.0 Å². The van der Waals surface area contributed by atoms with Crippen molar-refractivity contribution in [1.29, 1.82) is 0 Å². The highest BCUT2D eigenvalue weighted by molar-refractivity contribution is 6.09. The second kappa shape index (κ2) is 4.53. The van der Waals surface area contributed by atoms with Crippen LogP contribution in [0, 0.1) is 6.92 Å². The van der Waals surface area contributed by atoms with Gasteiger partial charge in [-0.05, 0) is 24.6 Å². The van der Waals surface area contributed by atoms with Crippen LogP contribution in [0.3, 0.4) is 0 Å². The Labute approximate surface area is 107 Å². The summed E-state index contributed by atoms with van der Waals surface area (Å²) in [6, 6.07) is 3.09. The van der Waals surface area contributed by atoms with Crippen molar-refractivity contribution in [3.05, 3.63) is 52.8 Å². The molecule has 1 aromatic carbocycles. The van der Waals surface area contributed by atoms with Gasteiger partial charge in [0.2, 0.25) is 0 Å². The topological polar surface area (TPSA) is 34.9 Å². The molecule has 1 heterocycles. The standard InChI is InChI=1S/C13H11F3N2O/c1-8-5-10(13(14,15)16)3-4-11(8)12(19)9-6-17-18(2)7-9/h3-7H,1-2H3. The lowest BCUT2D eigenvalue weighted by molar-refractivity contribution is -0.137. The average Bonchev–Trinajstić information content (AvgIpc) is 2.73. The van der Waals surface area contributed by atoms with Crippen molar-refractivity contribution in [3.8, 4) is 0 Å². The maximum Gasteiger partial charge on any atom is 0.416 e. The molecular weight excluding hydrogens is 257 g/mol. The maximum absolute atomic E-state index is 12.5. The Morgan fingerprint density at radius 1 is 1.32 bits per heavy atom. The van der Waals surface area contributed by atoms with Gasteiger partial charge in [-0.1, -0.05) is 6.07 Å². The molecule has 0 aliphatic rings. The highest BCUT2D eigenvalue weighted by atomic mass is 19.4. The molecular formula is C13H11F3N2O. The Balaban J connectivity index is 2.39. The van der Waals surface area contributed by atoms with Gasteiger partial charge >= 0.3 is 6.18 Å². The van der Waals surface area contributed by atoms with Gasteiger partial charge in [0.15, 0.2) is 5.78 Å². The molecule has 0 amide bonds. The van der Waals surface area contributed by atoms with E-state index in [1.807, 2.05) is 0 Å². The van der Waals surface area contributed by atoms with Gasteiger partial charge in [0, 0.05) is 18.8 Å². The molecule has 6 heteroatoms. The van der Waals surface area contributed by atoms with E-state index in [4.69, 9.17) is 0 Å². The fourth-order valence-electron chi connectivity index (χ4n) is 1.79. The van der Waals surface area contributed by atoms with Gasteiger partial charge in [0.25, 0.3) is 0 Å². The van der Waals surface area contributed by atoms with Crippen LogP contribution >= 0.6 is 0 Å². The normalized spacial score (nSPS) is 11.6. The molecule has 100 valence electrons. The van der Waals surface area contributed by atoms with Crippen LogP contribution in [0.5, 0.6) is 0 Å². The number of aromatic nitrogens is 2. The van der Waals surface area contributed by atoms with E-state index in [9.17, 15) is 18.0 Å². The van der Waals surface area contributed by atoms with E-state index in [0.717, 1.165) is 12.1 Å². The summed E-state index contributed by atoms with van der Waals surface area (Å²) in [6.45, 7) is 1.48. The Bertz CT molecular complexity index is 629. The van der Waals surface area contributed by atoms with Crippen molar-refractivity contribution in [2.24, 2.45) is 7.05 Å². The SMILES string of the molecule is Cc1cc(C(F)(F)F)ccc1C(=O)c1cnn(C)c1. The molecule has 2 aromatic rings. The van der Waals surface area contributed by atoms with Crippen molar-refractivity contribution in [2.45, 2.75) is 13.1 Å². The fourth-order valence-corrected chi connectivity index (χ4v) is 1.79. The monoisotopic (exact) mass is 268 g/mol. The van der Waals surface area contributed by atoms with E-state index in [-0.39, 0.29) is 11.3 Å². The van der Waals surface area contributed by atoms with Gasteiger partial charge in [-0.15, -0.1) is 0 Å². The zero-order chi connectivity index (χ0) is 14.2. The molecule has 0 fully saturated rings. The predicted octanol–water partition coefficient (Wildman–Crippen LogP) is 2.98. The molecule has 0 unspecified atom stereocenters. The third-order valence-electron chi connectivity index (χ3n) is 2.77. The first-order valence-corrected chi connectivity index (χ1v) is 5.50. The zero-order valence-electron chi connectivity index (χ0n) is 10.3. The number of carbonyl (C=O) groups excluding carboxylic acids is 1. The van der Waals surface area contributed by atoms with Gasteiger partial charge in [-0.25, -0.2) is 0 Å². The Morgan fingerprint density at radius 3 is 2.47 bits per heavy atom. The molecule has 1 aromatic heterocycles. The molecule has 0 radical (unpaired) electrons. The molecule has 19 heavy (non-hydrogen) atoms. The van der Waals surface area contributed by atoms with E-state index in [2.05, 4.69) is 5.10 Å².